The fourth-order valence-electron chi connectivity index (χ4n) is 1.75. The molecule has 20 heavy (non-hydrogen) atoms. The second kappa shape index (κ2) is 7.11. The van der Waals surface area contributed by atoms with Gasteiger partial charge < -0.3 is 15.0 Å². The molecular weight excluding hydrogens is 302 g/mol. The molecule has 9 heteroatoms. The Kier molecular flexibility index (Phi) is 6.06. The van der Waals surface area contributed by atoms with E-state index in [4.69, 9.17) is 27.2 Å². The molecule has 0 atom stereocenters. The summed E-state index contributed by atoms with van der Waals surface area (Å²) in [4.78, 5) is 0.359. The van der Waals surface area contributed by atoms with Crippen LogP contribution in [0.15, 0.2) is 9.42 Å². The van der Waals surface area contributed by atoms with Crippen molar-refractivity contribution in [3.63, 3.8) is 0 Å². The Morgan fingerprint density at radius 2 is 2.10 bits per heavy atom. The highest BCUT2D eigenvalue weighted by molar-refractivity contribution is 7.89. The Labute approximate surface area is 124 Å². The van der Waals surface area contributed by atoms with Crippen molar-refractivity contribution < 1.29 is 17.7 Å². The lowest BCUT2D eigenvalue weighted by molar-refractivity contribution is 0.179. The third kappa shape index (κ3) is 3.98. The quantitative estimate of drug-likeness (QED) is 0.700. The van der Waals surface area contributed by atoms with Crippen LogP contribution in [-0.2, 0) is 14.8 Å². The van der Waals surface area contributed by atoms with E-state index in [1.807, 2.05) is 0 Å². The first kappa shape index (κ1) is 17.0. The summed E-state index contributed by atoms with van der Waals surface area (Å²) in [7, 11) is -2.20. The molecule has 0 aliphatic rings. The third-order valence-corrected chi connectivity index (χ3v) is 5.07. The van der Waals surface area contributed by atoms with Gasteiger partial charge in [-0.3, -0.25) is 0 Å². The Balaban J connectivity index is 3.07. The number of thiocarbonyl (C=S) groups is 1. The first-order chi connectivity index (χ1) is 9.30. The average Bonchev–Trinajstić information content (AvgIpc) is 2.68. The van der Waals surface area contributed by atoms with E-state index in [-0.39, 0.29) is 35.3 Å². The van der Waals surface area contributed by atoms with Gasteiger partial charge in [-0.25, -0.2) is 8.42 Å². The van der Waals surface area contributed by atoms with Crippen LogP contribution in [-0.4, -0.2) is 49.7 Å². The van der Waals surface area contributed by atoms with Crippen LogP contribution in [0.25, 0.3) is 0 Å². The van der Waals surface area contributed by atoms with Crippen molar-refractivity contribution in [3.8, 4) is 0 Å². The van der Waals surface area contributed by atoms with Crippen LogP contribution in [0.1, 0.15) is 17.9 Å². The maximum atomic E-state index is 12.6. The van der Waals surface area contributed by atoms with E-state index in [0.29, 0.717) is 12.1 Å². The Morgan fingerprint density at radius 1 is 1.45 bits per heavy atom. The van der Waals surface area contributed by atoms with Crippen LogP contribution in [0.4, 0.5) is 0 Å². The number of hydrogen-bond donors (Lipinski definition) is 1. The Morgan fingerprint density at radius 3 is 2.55 bits per heavy atom. The van der Waals surface area contributed by atoms with Crippen molar-refractivity contribution in [1.29, 1.82) is 0 Å². The van der Waals surface area contributed by atoms with Crippen molar-refractivity contribution in [1.82, 2.24) is 9.46 Å². The minimum atomic E-state index is -3.71. The van der Waals surface area contributed by atoms with Gasteiger partial charge >= 0.3 is 0 Å². The number of methoxy groups -OCH3 is 1. The van der Waals surface area contributed by atoms with E-state index in [1.54, 1.807) is 13.8 Å². The van der Waals surface area contributed by atoms with Crippen LogP contribution >= 0.6 is 12.2 Å². The molecular formula is C11H19N3O4S2. The van der Waals surface area contributed by atoms with Gasteiger partial charge in [0.1, 0.15) is 10.6 Å². The molecule has 0 saturated carbocycles. The number of sulfonamides is 1. The van der Waals surface area contributed by atoms with Crippen LogP contribution in [0.3, 0.4) is 0 Å². The first-order valence-electron chi connectivity index (χ1n) is 6.01. The lowest BCUT2D eigenvalue weighted by Gasteiger charge is -2.21. The fourth-order valence-corrected chi connectivity index (χ4v) is 3.56. The molecule has 1 aromatic rings. The topological polar surface area (TPSA) is 98.7 Å². The second-order valence-electron chi connectivity index (χ2n) is 4.27. The predicted molar refractivity (Wildman–Crippen MR) is 78.0 cm³/mol. The largest absolute Gasteiger partial charge is 0.393 e. The van der Waals surface area contributed by atoms with Crippen molar-refractivity contribution in [2.45, 2.75) is 25.2 Å². The molecule has 0 spiro atoms. The van der Waals surface area contributed by atoms with E-state index >= 15 is 0 Å². The molecule has 1 rings (SSSR count). The number of aryl methyl sites for hydroxylation is 2. The summed E-state index contributed by atoms with van der Waals surface area (Å²) in [5, 5.41) is 3.68. The second-order valence-corrected chi connectivity index (χ2v) is 6.67. The summed E-state index contributed by atoms with van der Waals surface area (Å²) >= 11 is 4.80. The molecule has 0 amide bonds. The zero-order valence-corrected chi connectivity index (χ0v) is 13.4. The van der Waals surface area contributed by atoms with E-state index in [0.717, 1.165) is 0 Å². The highest BCUT2D eigenvalue weighted by Crippen LogP contribution is 2.23. The molecule has 7 nitrogen and oxygen atoms in total. The van der Waals surface area contributed by atoms with Gasteiger partial charge in [0.25, 0.3) is 0 Å². The standard InChI is InChI=1S/C11H19N3O4S2/c1-8-11(9(2)18-13-8)20(15,16)14(6-7-17-3)5-4-10(12)19/h4-7H2,1-3H3,(H2,12,19). The molecule has 0 aliphatic carbocycles. The van der Waals surface area contributed by atoms with Crippen molar-refractivity contribution in [2.75, 3.05) is 26.8 Å². The number of aromatic nitrogens is 1. The van der Waals surface area contributed by atoms with Gasteiger partial charge in [-0.15, -0.1) is 0 Å². The average molecular weight is 321 g/mol. The number of rotatable bonds is 8. The molecule has 114 valence electrons. The number of nitrogens with two attached hydrogens (primary N) is 1. The maximum absolute atomic E-state index is 12.6. The van der Waals surface area contributed by atoms with Gasteiger partial charge in [-0.05, 0) is 13.8 Å². The van der Waals surface area contributed by atoms with Gasteiger partial charge in [0, 0.05) is 26.6 Å². The third-order valence-electron chi connectivity index (χ3n) is 2.72. The predicted octanol–water partition coefficient (Wildman–Crippen LogP) is 0.605. The summed E-state index contributed by atoms with van der Waals surface area (Å²) in [6, 6.07) is 0. The van der Waals surface area contributed by atoms with Crippen LogP contribution in [0.5, 0.6) is 0 Å². The van der Waals surface area contributed by atoms with E-state index in [9.17, 15) is 8.42 Å². The Hall–Kier alpha value is -1.03. The summed E-state index contributed by atoms with van der Waals surface area (Å²) < 4.78 is 36.4. The molecule has 0 aromatic carbocycles. The lowest BCUT2D eigenvalue weighted by atomic mass is 10.4. The highest BCUT2D eigenvalue weighted by Gasteiger charge is 2.30. The highest BCUT2D eigenvalue weighted by atomic mass is 32.2. The summed E-state index contributed by atoms with van der Waals surface area (Å²) in [5.74, 6) is 0.264. The molecule has 1 aromatic heterocycles. The summed E-state index contributed by atoms with van der Waals surface area (Å²) in [6.45, 7) is 3.84. The minimum absolute atomic E-state index is 0.0940. The van der Waals surface area contributed by atoms with Crippen LogP contribution in [0.2, 0.25) is 0 Å². The van der Waals surface area contributed by atoms with Crippen LogP contribution < -0.4 is 5.73 Å². The van der Waals surface area contributed by atoms with Crippen LogP contribution in [0, 0.1) is 13.8 Å². The Bertz CT molecular complexity index is 549. The zero-order valence-electron chi connectivity index (χ0n) is 11.7. The van der Waals surface area contributed by atoms with Crippen molar-refractivity contribution in [3.05, 3.63) is 11.5 Å². The van der Waals surface area contributed by atoms with Gasteiger partial charge in [-0.1, -0.05) is 17.4 Å². The van der Waals surface area contributed by atoms with E-state index < -0.39 is 10.0 Å². The fraction of sp³-hybridized carbons (Fsp3) is 0.636. The molecule has 0 fully saturated rings. The zero-order chi connectivity index (χ0) is 15.3. The maximum Gasteiger partial charge on any atom is 0.248 e. The SMILES string of the molecule is COCCN(CCC(N)=S)S(=O)(=O)c1c(C)noc1C. The van der Waals surface area contributed by atoms with Crippen molar-refractivity contribution in [2.24, 2.45) is 5.73 Å². The van der Waals surface area contributed by atoms with Gasteiger partial charge in [0.2, 0.25) is 10.0 Å². The van der Waals surface area contributed by atoms with Gasteiger partial charge in [0.05, 0.1) is 11.6 Å². The minimum Gasteiger partial charge on any atom is -0.393 e. The molecule has 2 N–H and O–H groups in total. The molecule has 1 heterocycles. The summed E-state index contributed by atoms with van der Waals surface area (Å²) in [5.41, 5.74) is 5.77. The molecule has 0 bridgehead atoms. The summed E-state index contributed by atoms with van der Waals surface area (Å²) in [6.07, 6.45) is 0.307. The van der Waals surface area contributed by atoms with Gasteiger partial charge in [-0.2, -0.15) is 4.31 Å². The monoisotopic (exact) mass is 321 g/mol. The van der Waals surface area contributed by atoms with E-state index in [1.165, 1.54) is 11.4 Å². The lowest BCUT2D eigenvalue weighted by Crippen LogP contribution is -2.36. The normalized spacial score (nSPS) is 12.0. The number of hydrogen-bond acceptors (Lipinski definition) is 6. The first-order valence-corrected chi connectivity index (χ1v) is 7.85. The van der Waals surface area contributed by atoms with Crippen molar-refractivity contribution >= 4 is 27.2 Å². The molecule has 0 unspecified atom stereocenters. The smallest absolute Gasteiger partial charge is 0.248 e. The molecule has 0 radical (unpaired) electrons. The molecule has 0 saturated heterocycles. The number of nitrogens with zero attached hydrogens (tertiary/aromatic N) is 2. The van der Waals surface area contributed by atoms with Gasteiger partial charge in [0.15, 0.2) is 5.76 Å². The number of ether oxygens (including phenoxy) is 1. The molecule has 0 aliphatic heterocycles. The van der Waals surface area contributed by atoms with E-state index in [2.05, 4.69) is 5.16 Å².